The number of fused-ring (bicyclic) bond motifs is 1. The molecule has 0 aliphatic carbocycles. The first-order chi connectivity index (χ1) is 16.1. The minimum absolute atomic E-state index is 0.154. The maximum absolute atomic E-state index is 14.5. The zero-order valence-corrected chi connectivity index (χ0v) is 19.2. The lowest BCUT2D eigenvalue weighted by Gasteiger charge is -2.26. The van der Waals surface area contributed by atoms with Crippen LogP contribution in [0.25, 0.3) is 11.2 Å². The molecule has 1 atom stereocenters. The quantitative estimate of drug-likeness (QED) is 0.492. The number of allylic oxidation sites excluding steroid dienone is 1. The van der Waals surface area contributed by atoms with E-state index in [1.807, 2.05) is 4.90 Å². The van der Waals surface area contributed by atoms with Gasteiger partial charge in [-0.05, 0) is 63.5 Å². The monoisotopic (exact) mass is 468 g/mol. The molecule has 4 rings (SSSR count). The van der Waals surface area contributed by atoms with Gasteiger partial charge in [0, 0.05) is 24.5 Å². The normalized spacial score (nSPS) is 16.0. The van der Waals surface area contributed by atoms with Crippen LogP contribution in [-0.2, 0) is 4.74 Å². The zero-order chi connectivity index (χ0) is 24.6. The molecule has 8 nitrogen and oxygen atoms in total. The number of rotatable bonds is 5. The average molecular weight is 469 g/mol. The Hall–Kier alpha value is -3.82. The molecule has 0 saturated carbocycles. The van der Waals surface area contributed by atoms with E-state index in [0.717, 1.165) is 24.8 Å². The van der Waals surface area contributed by atoms with Crippen LogP contribution in [0.1, 0.15) is 50.8 Å². The van der Waals surface area contributed by atoms with Gasteiger partial charge in [-0.3, -0.25) is 5.32 Å². The minimum Gasteiger partial charge on any atom is -0.444 e. The van der Waals surface area contributed by atoms with Gasteiger partial charge in [0.2, 0.25) is 0 Å². The van der Waals surface area contributed by atoms with Crippen LogP contribution in [0.4, 0.5) is 25.2 Å². The molecule has 0 spiro atoms. The Morgan fingerprint density at radius 3 is 2.79 bits per heavy atom. The van der Waals surface area contributed by atoms with Gasteiger partial charge in [0.15, 0.2) is 11.5 Å². The summed E-state index contributed by atoms with van der Waals surface area (Å²) in [7, 11) is 0. The molecular formula is C24H26F2N6O2. The number of benzene rings is 1. The highest BCUT2D eigenvalue weighted by Crippen LogP contribution is 2.37. The highest BCUT2D eigenvalue weighted by atomic mass is 19.1. The molecule has 1 aliphatic rings. The SMILES string of the molecule is C=C(C=N)c1c(NC(=O)OC(C)(C)C)nn2ccc(N3CCC[C@@H]3c3cc(F)ccc3F)nc12. The second kappa shape index (κ2) is 8.85. The van der Waals surface area contributed by atoms with Crippen molar-refractivity contribution in [1.82, 2.24) is 14.6 Å². The first kappa shape index (κ1) is 23.3. The molecule has 2 N–H and O–H groups in total. The standard InChI is InChI=1S/C24H26F2N6O2/c1-14(13-27)20-21(29-23(33)34-24(2,3)4)30-32-11-9-19(28-22(20)32)31-10-5-6-18(31)16-12-15(25)7-8-17(16)26/h7-9,11-13,18,27H,1,5-6,10H2,2-4H3,(H,29,30,33)/t18-/m1/s1. The maximum atomic E-state index is 14.5. The largest absolute Gasteiger partial charge is 0.444 e. The summed E-state index contributed by atoms with van der Waals surface area (Å²) in [5.41, 5.74) is 0.603. The van der Waals surface area contributed by atoms with Crippen molar-refractivity contribution < 1.29 is 18.3 Å². The predicted molar refractivity (Wildman–Crippen MR) is 126 cm³/mol. The number of hydrogen-bond donors (Lipinski definition) is 2. The smallest absolute Gasteiger partial charge is 0.413 e. The number of carbonyl (C=O) groups excluding carboxylic acids is 1. The van der Waals surface area contributed by atoms with E-state index in [0.29, 0.717) is 35.6 Å². The Morgan fingerprint density at radius 2 is 2.09 bits per heavy atom. The molecular weight excluding hydrogens is 442 g/mol. The topological polar surface area (TPSA) is 95.6 Å². The van der Waals surface area contributed by atoms with Crippen LogP contribution in [-0.4, -0.2) is 39.1 Å². The van der Waals surface area contributed by atoms with Crippen molar-refractivity contribution >= 4 is 35.2 Å². The van der Waals surface area contributed by atoms with Crippen LogP contribution in [0.15, 0.2) is 37.0 Å². The predicted octanol–water partition coefficient (Wildman–Crippen LogP) is 5.36. The number of nitrogens with zero attached hydrogens (tertiary/aromatic N) is 4. The number of amides is 1. The van der Waals surface area contributed by atoms with E-state index in [1.165, 1.54) is 10.6 Å². The molecule has 1 saturated heterocycles. The first-order valence-corrected chi connectivity index (χ1v) is 10.9. The summed E-state index contributed by atoms with van der Waals surface area (Å²) in [6, 6.07) is 4.81. The van der Waals surface area contributed by atoms with Gasteiger partial charge in [-0.15, -0.1) is 5.10 Å². The second-order valence-corrected chi connectivity index (χ2v) is 9.09. The van der Waals surface area contributed by atoms with E-state index in [9.17, 15) is 13.6 Å². The summed E-state index contributed by atoms with van der Waals surface area (Å²) >= 11 is 0. The molecule has 34 heavy (non-hydrogen) atoms. The van der Waals surface area contributed by atoms with Gasteiger partial charge in [0.25, 0.3) is 0 Å². The summed E-state index contributed by atoms with van der Waals surface area (Å²) in [5, 5.41) is 14.7. The first-order valence-electron chi connectivity index (χ1n) is 10.9. The lowest BCUT2D eigenvalue weighted by atomic mass is 10.0. The Labute approximate surface area is 195 Å². The number of carbonyl (C=O) groups is 1. The Kier molecular flexibility index (Phi) is 6.07. The van der Waals surface area contributed by atoms with Gasteiger partial charge >= 0.3 is 6.09 Å². The fraction of sp³-hybridized carbons (Fsp3) is 0.333. The molecule has 1 amide bonds. The van der Waals surface area contributed by atoms with E-state index in [4.69, 9.17) is 15.1 Å². The third kappa shape index (κ3) is 4.61. The van der Waals surface area contributed by atoms with Gasteiger partial charge in [0.05, 0.1) is 11.6 Å². The van der Waals surface area contributed by atoms with Crippen molar-refractivity contribution in [3.63, 3.8) is 0 Å². The van der Waals surface area contributed by atoms with Crippen molar-refractivity contribution in [2.45, 2.75) is 45.3 Å². The molecule has 0 unspecified atom stereocenters. The van der Waals surface area contributed by atoms with E-state index in [1.54, 1.807) is 33.0 Å². The average Bonchev–Trinajstić information content (AvgIpc) is 3.37. The van der Waals surface area contributed by atoms with Gasteiger partial charge in [-0.25, -0.2) is 23.1 Å². The van der Waals surface area contributed by atoms with Gasteiger partial charge < -0.3 is 15.0 Å². The Balaban J connectivity index is 1.74. The molecule has 1 aromatic carbocycles. The fourth-order valence-electron chi connectivity index (χ4n) is 4.07. The van der Waals surface area contributed by atoms with Gasteiger partial charge in [-0.1, -0.05) is 6.58 Å². The lowest BCUT2D eigenvalue weighted by Crippen LogP contribution is -2.27. The highest BCUT2D eigenvalue weighted by Gasteiger charge is 2.30. The molecule has 178 valence electrons. The number of hydrogen-bond acceptors (Lipinski definition) is 6. The number of nitrogens with one attached hydrogen (secondary N) is 2. The second-order valence-electron chi connectivity index (χ2n) is 9.09. The van der Waals surface area contributed by atoms with Crippen LogP contribution in [0.2, 0.25) is 0 Å². The summed E-state index contributed by atoms with van der Waals surface area (Å²) in [6.45, 7) is 9.74. The number of anilines is 2. The Bertz CT molecular complexity index is 1280. The molecule has 10 heteroatoms. The highest BCUT2D eigenvalue weighted by molar-refractivity contribution is 6.13. The fourth-order valence-corrected chi connectivity index (χ4v) is 4.07. The molecule has 3 aromatic rings. The van der Waals surface area contributed by atoms with E-state index < -0.39 is 23.3 Å². The summed E-state index contributed by atoms with van der Waals surface area (Å²) < 4.78 is 35.1. The van der Waals surface area contributed by atoms with Crippen molar-refractivity contribution in [3.05, 3.63) is 59.8 Å². The molecule has 0 radical (unpaired) electrons. The maximum Gasteiger partial charge on any atom is 0.413 e. The molecule has 0 bridgehead atoms. The third-order valence-electron chi connectivity index (χ3n) is 5.45. The van der Waals surface area contributed by atoms with Crippen LogP contribution < -0.4 is 10.2 Å². The van der Waals surface area contributed by atoms with Crippen molar-refractivity contribution in [1.29, 1.82) is 5.41 Å². The number of halogens is 2. The summed E-state index contributed by atoms with van der Waals surface area (Å²) in [6.07, 6.45) is 3.45. The van der Waals surface area contributed by atoms with Gasteiger partial charge in [0.1, 0.15) is 23.1 Å². The summed E-state index contributed by atoms with van der Waals surface area (Å²) in [4.78, 5) is 19.0. The van der Waals surface area contributed by atoms with Crippen molar-refractivity contribution in [3.8, 4) is 0 Å². The van der Waals surface area contributed by atoms with Crippen LogP contribution >= 0.6 is 0 Å². The van der Waals surface area contributed by atoms with Crippen LogP contribution in [0.5, 0.6) is 0 Å². The summed E-state index contributed by atoms with van der Waals surface area (Å²) in [5.74, 6) is -0.265. The lowest BCUT2D eigenvalue weighted by molar-refractivity contribution is 0.0635. The number of ether oxygens (including phenoxy) is 1. The van der Waals surface area contributed by atoms with Crippen molar-refractivity contribution in [2.24, 2.45) is 0 Å². The van der Waals surface area contributed by atoms with Gasteiger partial charge in [-0.2, -0.15) is 0 Å². The minimum atomic E-state index is -0.704. The Morgan fingerprint density at radius 1 is 1.32 bits per heavy atom. The third-order valence-corrected chi connectivity index (χ3v) is 5.45. The van der Waals surface area contributed by atoms with Crippen LogP contribution in [0, 0.1) is 17.0 Å². The van der Waals surface area contributed by atoms with E-state index in [-0.39, 0.29) is 17.4 Å². The zero-order valence-electron chi connectivity index (χ0n) is 19.2. The van der Waals surface area contributed by atoms with E-state index >= 15 is 0 Å². The number of aromatic nitrogens is 3. The molecule has 3 heterocycles. The molecule has 2 aromatic heterocycles. The van der Waals surface area contributed by atoms with Crippen molar-refractivity contribution in [2.75, 3.05) is 16.8 Å². The molecule has 1 fully saturated rings. The van der Waals surface area contributed by atoms with Crippen LogP contribution in [0.3, 0.4) is 0 Å². The van der Waals surface area contributed by atoms with E-state index in [2.05, 4.69) is 17.0 Å². The molecule has 1 aliphatic heterocycles.